The van der Waals surface area contributed by atoms with Crippen molar-refractivity contribution in [2.75, 3.05) is 37.4 Å². The van der Waals surface area contributed by atoms with Crippen molar-refractivity contribution in [1.82, 2.24) is 9.97 Å². The maximum absolute atomic E-state index is 13.5. The minimum Gasteiger partial charge on any atom is -0.383 e. The smallest absolute Gasteiger partial charge is 0.131 e. The predicted octanol–water partition coefficient (Wildman–Crippen LogP) is 2.64. The maximum Gasteiger partial charge on any atom is 0.131 e. The molecule has 22 heavy (non-hydrogen) atoms. The molecular weight excluding hydrogens is 283 g/mol. The van der Waals surface area contributed by atoms with E-state index in [9.17, 15) is 4.39 Å². The van der Waals surface area contributed by atoms with Crippen LogP contribution in [0.4, 0.5) is 16.0 Å². The van der Waals surface area contributed by atoms with E-state index in [-0.39, 0.29) is 5.82 Å². The first kappa shape index (κ1) is 16.2. The summed E-state index contributed by atoms with van der Waals surface area (Å²) in [5, 5.41) is 6.37. The summed E-state index contributed by atoms with van der Waals surface area (Å²) in [5.41, 5.74) is 0.694. The van der Waals surface area contributed by atoms with Gasteiger partial charge >= 0.3 is 0 Å². The first-order valence-corrected chi connectivity index (χ1v) is 7.25. The number of hydrogen-bond donors (Lipinski definition) is 2. The van der Waals surface area contributed by atoms with Gasteiger partial charge in [-0.05, 0) is 25.0 Å². The largest absolute Gasteiger partial charge is 0.383 e. The highest BCUT2D eigenvalue weighted by molar-refractivity contribution is 5.47. The van der Waals surface area contributed by atoms with Crippen molar-refractivity contribution in [3.05, 3.63) is 47.5 Å². The van der Waals surface area contributed by atoms with Gasteiger partial charge < -0.3 is 15.4 Å². The molecule has 0 unspecified atom stereocenters. The van der Waals surface area contributed by atoms with E-state index in [1.165, 1.54) is 6.07 Å². The molecule has 0 radical (unpaired) electrons. The summed E-state index contributed by atoms with van der Waals surface area (Å²) >= 11 is 0. The number of halogens is 1. The molecule has 0 spiro atoms. The Kier molecular flexibility index (Phi) is 6.09. The average Bonchev–Trinajstić information content (AvgIpc) is 2.49. The number of methoxy groups -OCH3 is 1. The summed E-state index contributed by atoms with van der Waals surface area (Å²) < 4.78 is 18.5. The Bertz CT molecular complexity index is 606. The van der Waals surface area contributed by atoms with Crippen molar-refractivity contribution in [3.8, 4) is 0 Å². The lowest BCUT2D eigenvalue weighted by atomic mass is 10.1. The molecule has 0 bridgehead atoms. The predicted molar refractivity (Wildman–Crippen MR) is 85.7 cm³/mol. The third-order valence-corrected chi connectivity index (χ3v) is 3.11. The Morgan fingerprint density at radius 1 is 1.09 bits per heavy atom. The summed E-state index contributed by atoms with van der Waals surface area (Å²) in [6, 6.07) is 8.63. The summed E-state index contributed by atoms with van der Waals surface area (Å²) in [6.45, 7) is 3.74. The number of benzene rings is 1. The van der Waals surface area contributed by atoms with E-state index in [2.05, 4.69) is 20.6 Å². The third kappa shape index (κ3) is 4.96. The van der Waals surface area contributed by atoms with Crippen LogP contribution in [0.25, 0.3) is 0 Å². The molecule has 2 rings (SSSR count). The topological polar surface area (TPSA) is 59.1 Å². The highest BCUT2D eigenvalue weighted by atomic mass is 19.1. The number of hydrogen-bond acceptors (Lipinski definition) is 5. The zero-order valence-electron chi connectivity index (χ0n) is 12.9. The summed E-state index contributed by atoms with van der Waals surface area (Å²) in [5.74, 6) is 1.97. The van der Waals surface area contributed by atoms with Gasteiger partial charge in [0.15, 0.2) is 0 Å². The summed E-state index contributed by atoms with van der Waals surface area (Å²) in [6.07, 6.45) is 0.599. The molecule has 2 N–H and O–H groups in total. The van der Waals surface area contributed by atoms with E-state index >= 15 is 0 Å². The van der Waals surface area contributed by atoms with Crippen LogP contribution in [0.3, 0.4) is 0 Å². The van der Waals surface area contributed by atoms with Gasteiger partial charge in [-0.25, -0.2) is 14.4 Å². The molecule has 0 aliphatic carbocycles. The number of aromatic nitrogens is 2. The average molecular weight is 304 g/mol. The second kappa shape index (κ2) is 8.29. The Morgan fingerprint density at radius 2 is 1.77 bits per heavy atom. The molecule has 0 fully saturated rings. The number of rotatable bonds is 8. The van der Waals surface area contributed by atoms with Crippen LogP contribution in [-0.4, -0.2) is 36.8 Å². The van der Waals surface area contributed by atoms with Crippen LogP contribution in [0.15, 0.2) is 30.3 Å². The molecular formula is C16H21FN4O. The highest BCUT2D eigenvalue weighted by Crippen LogP contribution is 2.12. The van der Waals surface area contributed by atoms with E-state index in [4.69, 9.17) is 4.74 Å². The number of anilines is 2. The van der Waals surface area contributed by atoms with E-state index in [0.29, 0.717) is 37.5 Å². The summed E-state index contributed by atoms with van der Waals surface area (Å²) in [7, 11) is 1.66. The second-order valence-electron chi connectivity index (χ2n) is 4.87. The first-order chi connectivity index (χ1) is 10.7. The molecule has 1 aromatic carbocycles. The molecule has 0 aliphatic rings. The van der Waals surface area contributed by atoms with E-state index in [1.54, 1.807) is 19.2 Å². The van der Waals surface area contributed by atoms with Crippen LogP contribution in [0.5, 0.6) is 0 Å². The first-order valence-electron chi connectivity index (χ1n) is 7.25. The summed E-state index contributed by atoms with van der Waals surface area (Å²) in [4.78, 5) is 8.64. The fourth-order valence-corrected chi connectivity index (χ4v) is 2.06. The molecule has 2 aromatic rings. The standard InChI is InChI=1S/C16H21FN4O/c1-12-20-15(11-16(21-12)19-9-10-22-2)18-8-7-13-5-3-4-6-14(13)17/h3-6,11H,7-10H2,1-2H3,(H2,18,19,20,21). The van der Waals surface area contributed by atoms with Gasteiger partial charge in [-0.1, -0.05) is 18.2 Å². The molecule has 5 nitrogen and oxygen atoms in total. The lowest BCUT2D eigenvalue weighted by molar-refractivity contribution is 0.210. The molecule has 0 atom stereocenters. The van der Waals surface area contributed by atoms with Gasteiger partial charge in [-0.3, -0.25) is 0 Å². The van der Waals surface area contributed by atoms with Crippen molar-refractivity contribution in [1.29, 1.82) is 0 Å². The molecule has 6 heteroatoms. The van der Waals surface area contributed by atoms with Crippen LogP contribution in [0.2, 0.25) is 0 Å². The fraction of sp³-hybridized carbons (Fsp3) is 0.375. The zero-order chi connectivity index (χ0) is 15.8. The quantitative estimate of drug-likeness (QED) is 0.734. The van der Waals surface area contributed by atoms with Gasteiger partial charge in [-0.2, -0.15) is 0 Å². The minimum absolute atomic E-state index is 0.176. The molecule has 118 valence electrons. The van der Waals surface area contributed by atoms with E-state index < -0.39 is 0 Å². The van der Waals surface area contributed by atoms with Crippen LogP contribution >= 0.6 is 0 Å². The Labute approximate surface area is 129 Å². The van der Waals surface area contributed by atoms with Crippen molar-refractivity contribution >= 4 is 11.6 Å². The van der Waals surface area contributed by atoms with E-state index in [1.807, 2.05) is 19.1 Å². The number of ether oxygens (including phenoxy) is 1. The normalized spacial score (nSPS) is 10.5. The fourth-order valence-electron chi connectivity index (χ4n) is 2.06. The molecule has 0 saturated heterocycles. The lowest BCUT2D eigenvalue weighted by Crippen LogP contribution is -2.12. The molecule has 1 aromatic heterocycles. The molecule has 0 saturated carbocycles. The van der Waals surface area contributed by atoms with Crippen LogP contribution in [0, 0.1) is 12.7 Å². The van der Waals surface area contributed by atoms with E-state index in [0.717, 1.165) is 11.6 Å². The van der Waals surface area contributed by atoms with Crippen LogP contribution < -0.4 is 10.6 Å². The molecule has 0 amide bonds. The van der Waals surface area contributed by atoms with Gasteiger partial charge in [0.2, 0.25) is 0 Å². The minimum atomic E-state index is -0.176. The van der Waals surface area contributed by atoms with Crippen LogP contribution in [-0.2, 0) is 11.2 Å². The molecule has 0 aliphatic heterocycles. The molecule has 1 heterocycles. The number of aryl methyl sites for hydroxylation is 1. The SMILES string of the molecule is COCCNc1cc(NCCc2ccccc2F)nc(C)n1. The lowest BCUT2D eigenvalue weighted by Gasteiger charge is -2.10. The van der Waals surface area contributed by atoms with Gasteiger partial charge in [0.1, 0.15) is 23.3 Å². The van der Waals surface area contributed by atoms with Crippen molar-refractivity contribution in [3.63, 3.8) is 0 Å². The van der Waals surface area contributed by atoms with Crippen LogP contribution in [0.1, 0.15) is 11.4 Å². The van der Waals surface area contributed by atoms with Crippen molar-refractivity contribution in [2.45, 2.75) is 13.3 Å². The third-order valence-electron chi connectivity index (χ3n) is 3.11. The Hall–Kier alpha value is -2.21. The second-order valence-corrected chi connectivity index (χ2v) is 4.87. The monoisotopic (exact) mass is 304 g/mol. The number of nitrogens with one attached hydrogen (secondary N) is 2. The zero-order valence-corrected chi connectivity index (χ0v) is 12.9. The van der Waals surface area contributed by atoms with Crippen molar-refractivity contribution < 1.29 is 9.13 Å². The van der Waals surface area contributed by atoms with Gasteiger partial charge in [0, 0.05) is 26.3 Å². The van der Waals surface area contributed by atoms with Gasteiger partial charge in [0.05, 0.1) is 6.61 Å². The number of nitrogens with zero attached hydrogens (tertiary/aromatic N) is 2. The van der Waals surface area contributed by atoms with Crippen molar-refractivity contribution in [2.24, 2.45) is 0 Å². The highest BCUT2D eigenvalue weighted by Gasteiger charge is 2.03. The van der Waals surface area contributed by atoms with Gasteiger partial charge in [0.25, 0.3) is 0 Å². The van der Waals surface area contributed by atoms with Gasteiger partial charge in [-0.15, -0.1) is 0 Å². The Balaban J connectivity index is 1.90. The maximum atomic E-state index is 13.5. The Morgan fingerprint density at radius 3 is 2.45 bits per heavy atom.